The highest BCUT2D eigenvalue weighted by molar-refractivity contribution is 5.68. The molecule has 0 radical (unpaired) electrons. The zero-order valence-corrected chi connectivity index (χ0v) is 12.8. The van der Waals surface area contributed by atoms with Crippen molar-refractivity contribution in [3.05, 3.63) is 10.1 Å². The number of nitrogens with zero attached hydrogens (tertiary/aromatic N) is 2. The van der Waals surface area contributed by atoms with Crippen molar-refractivity contribution in [3.8, 4) is 0 Å². The van der Waals surface area contributed by atoms with Crippen molar-refractivity contribution < 1.29 is 19.6 Å². The number of carbonyl (C=O) groups excluding carboxylic acids is 1. The van der Waals surface area contributed by atoms with Crippen LogP contribution in [0.2, 0.25) is 0 Å². The van der Waals surface area contributed by atoms with Gasteiger partial charge in [0, 0.05) is 23.9 Å². The van der Waals surface area contributed by atoms with Crippen molar-refractivity contribution in [3.63, 3.8) is 0 Å². The van der Waals surface area contributed by atoms with Gasteiger partial charge in [0.1, 0.15) is 11.7 Å². The average molecular weight is 300 g/mol. The molecule has 1 N–H and O–H groups in total. The first-order chi connectivity index (χ1) is 9.67. The maximum atomic E-state index is 12.1. The molecule has 2 bridgehead atoms. The number of rotatable bonds is 3. The zero-order valence-electron chi connectivity index (χ0n) is 12.8. The molecule has 1 saturated carbocycles. The molecular formula is C14H24N2O5. The van der Waals surface area contributed by atoms with E-state index in [0.717, 1.165) is 12.8 Å². The van der Waals surface area contributed by atoms with Gasteiger partial charge in [0.2, 0.25) is 6.54 Å². The molecule has 0 aromatic carbocycles. The van der Waals surface area contributed by atoms with Gasteiger partial charge in [0.05, 0.1) is 0 Å². The van der Waals surface area contributed by atoms with E-state index in [0.29, 0.717) is 13.1 Å². The lowest BCUT2D eigenvalue weighted by Crippen LogP contribution is -2.50. The third kappa shape index (κ3) is 3.84. The maximum absolute atomic E-state index is 12.1. The van der Waals surface area contributed by atoms with Crippen LogP contribution in [0.15, 0.2) is 0 Å². The summed E-state index contributed by atoms with van der Waals surface area (Å²) >= 11 is 0. The van der Waals surface area contributed by atoms with E-state index >= 15 is 0 Å². The minimum absolute atomic E-state index is 0.0749. The van der Waals surface area contributed by atoms with Crippen LogP contribution in [0.25, 0.3) is 0 Å². The number of hydrogen-bond acceptors (Lipinski definition) is 5. The van der Waals surface area contributed by atoms with Gasteiger partial charge < -0.3 is 14.7 Å². The number of nitro groups is 1. The monoisotopic (exact) mass is 300 g/mol. The molecule has 1 aliphatic carbocycles. The summed E-state index contributed by atoms with van der Waals surface area (Å²) < 4.78 is 5.38. The lowest BCUT2D eigenvalue weighted by atomic mass is 9.81. The molecule has 2 aliphatic rings. The molecule has 0 aromatic rings. The summed E-state index contributed by atoms with van der Waals surface area (Å²) in [4.78, 5) is 23.9. The van der Waals surface area contributed by atoms with E-state index < -0.39 is 23.2 Å². The highest BCUT2D eigenvalue weighted by Crippen LogP contribution is 2.44. The Kier molecular flexibility index (Phi) is 4.41. The van der Waals surface area contributed by atoms with Gasteiger partial charge in [0.15, 0.2) is 0 Å². The lowest BCUT2D eigenvalue weighted by molar-refractivity contribution is -0.493. The van der Waals surface area contributed by atoms with E-state index in [1.165, 1.54) is 0 Å². The standard InChI is InChI=1S/C14H24N2O5/c1-14(2,3)21-13(18)15-6-9-4-5-10(7-15)12(9)11(17)8-16(19)20/h9-12,17H,4-8H2,1-3H3. The summed E-state index contributed by atoms with van der Waals surface area (Å²) in [6, 6.07) is 0. The van der Waals surface area contributed by atoms with Crippen LogP contribution in [0.3, 0.4) is 0 Å². The van der Waals surface area contributed by atoms with E-state index in [4.69, 9.17) is 4.74 Å². The molecule has 1 amide bonds. The topological polar surface area (TPSA) is 92.9 Å². The zero-order chi connectivity index (χ0) is 15.8. The molecule has 0 spiro atoms. The smallest absolute Gasteiger partial charge is 0.410 e. The Bertz CT molecular complexity index is 406. The summed E-state index contributed by atoms with van der Waals surface area (Å²) in [5, 5.41) is 20.6. The van der Waals surface area contributed by atoms with Gasteiger partial charge in [-0.25, -0.2) is 4.79 Å². The van der Waals surface area contributed by atoms with Crippen molar-refractivity contribution in [2.24, 2.45) is 17.8 Å². The van der Waals surface area contributed by atoms with Gasteiger partial charge in [-0.2, -0.15) is 0 Å². The number of hydrogen-bond donors (Lipinski definition) is 1. The van der Waals surface area contributed by atoms with E-state index in [9.17, 15) is 20.0 Å². The fourth-order valence-electron chi connectivity index (χ4n) is 3.64. The average Bonchev–Trinajstić information content (AvgIpc) is 2.57. The van der Waals surface area contributed by atoms with Gasteiger partial charge in [0.25, 0.3) is 0 Å². The molecule has 0 aromatic heterocycles. The molecule has 7 nitrogen and oxygen atoms in total. The molecule has 120 valence electrons. The van der Waals surface area contributed by atoms with Crippen LogP contribution in [0.5, 0.6) is 0 Å². The first kappa shape index (κ1) is 16.0. The molecule has 3 unspecified atom stereocenters. The van der Waals surface area contributed by atoms with Crippen molar-refractivity contribution >= 4 is 6.09 Å². The first-order valence-corrected chi connectivity index (χ1v) is 7.45. The summed E-state index contributed by atoms with van der Waals surface area (Å²) in [5.41, 5.74) is -0.530. The van der Waals surface area contributed by atoms with E-state index in [2.05, 4.69) is 0 Å². The number of likely N-dealkylation sites (tertiary alicyclic amines) is 1. The Hall–Kier alpha value is -1.37. The third-order valence-corrected chi connectivity index (χ3v) is 4.34. The Balaban J connectivity index is 1.98. The molecule has 1 saturated heterocycles. The fraction of sp³-hybridized carbons (Fsp3) is 0.929. The van der Waals surface area contributed by atoms with E-state index in [1.54, 1.807) is 4.90 Å². The normalized spacial score (nSPS) is 30.1. The number of aliphatic hydroxyl groups is 1. The van der Waals surface area contributed by atoms with Crippen molar-refractivity contribution in [1.29, 1.82) is 0 Å². The highest BCUT2D eigenvalue weighted by atomic mass is 16.6. The summed E-state index contributed by atoms with van der Waals surface area (Å²) in [6.45, 7) is 6.10. The van der Waals surface area contributed by atoms with Crippen LogP contribution >= 0.6 is 0 Å². The maximum Gasteiger partial charge on any atom is 0.410 e. The predicted molar refractivity (Wildman–Crippen MR) is 75.4 cm³/mol. The molecule has 1 aliphatic heterocycles. The number of piperidine rings is 1. The SMILES string of the molecule is CC(C)(C)OC(=O)N1CC2CCC(C1)C2C(O)C[N+](=O)[O-]. The Morgan fingerprint density at radius 3 is 2.33 bits per heavy atom. The lowest BCUT2D eigenvalue weighted by Gasteiger charge is -2.39. The van der Waals surface area contributed by atoms with Gasteiger partial charge >= 0.3 is 6.09 Å². The molecule has 2 fully saturated rings. The molecule has 2 rings (SSSR count). The number of ether oxygens (including phenoxy) is 1. The first-order valence-electron chi connectivity index (χ1n) is 7.45. The van der Waals surface area contributed by atoms with Crippen LogP contribution in [-0.4, -0.2) is 52.4 Å². The van der Waals surface area contributed by atoms with Crippen LogP contribution in [0.1, 0.15) is 33.6 Å². The Labute approximate surface area is 124 Å². The van der Waals surface area contributed by atoms with Crippen molar-refractivity contribution in [1.82, 2.24) is 4.90 Å². The van der Waals surface area contributed by atoms with Crippen LogP contribution in [0, 0.1) is 27.9 Å². The van der Waals surface area contributed by atoms with Gasteiger partial charge in [-0.3, -0.25) is 10.1 Å². The molecule has 21 heavy (non-hydrogen) atoms. The second-order valence-electron chi connectivity index (χ2n) is 7.14. The third-order valence-electron chi connectivity index (χ3n) is 4.34. The van der Waals surface area contributed by atoms with E-state index in [-0.39, 0.29) is 23.8 Å². The van der Waals surface area contributed by atoms with Gasteiger partial charge in [-0.1, -0.05) is 0 Å². The Morgan fingerprint density at radius 2 is 1.90 bits per heavy atom. The van der Waals surface area contributed by atoms with Gasteiger partial charge in [-0.15, -0.1) is 0 Å². The Morgan fingerprint density at radius 1 is 1.38 bits per heavy atom. The van der Waals surface area contributed by atoms with Crippen LogP contribution in [0.4, 0.5) is 4.79 Å². The molecule has 7 heteroatoms. The van der Waals surface area contributed by atoms with Crippen molar-refractivity contribution in [2.45, 2.75) is 45.3 Å². The second kappa shape index (κ2) is 5.79. The molecule has 1 heterocycles. The quantitative estimate of drug-likeness (QED) is 0.630. The summed E-state index contributed by atoms with van der Waals surface area (Å²) in [6.07, 6.45) is 0.562. The number of fused-ring (bicyclic) bond motifs is 2. The van der Waals surface area contributed by atoms with Crippen molar-refractivity contribution in [2.75, 3.05) is 19.6 Å². The fourth-order valence-corrected chi connectivity index (χ4v) is 3.64. The molecule has 3 atom stereocenters. The second-order valence-corrected chi connectivity index (χ2v) is 7.14. The number of amides is 1. The minimum Gasteiger partial charge on any atom is -0.444 e. The highest BCUT2D eigenvalue weighted by Gasteiger charge is 2.48. The van der Waals surface area contributed by atoms with Crippen LogP contribution in [-0.2, 0) is 4.74 Å². The number of carbonyl (C=O) groups is 1. The van der Waals surface area contributed by atoms with Gasteiger partial charge in [-0.05, 0) is 45.4 Å². The predicted octanol–water partition coefficient (Wildman–Crippen LogP) is 1.52. The summed E-state index contributed by atoms with van der Waals surface area (Å²) in [5.74, 6) is 0.187. The number of aliphatic hydroxyl groups excluding tert-OH is 1. The van der Waals surface area contributed by atoms with Crippen LogP contribution < -0.4 is 0 Å². The largest absolute Gasteiger partial charge is 0.444 e. The molecular weight excluding hydrogens is 276 g/mol. The van der Waals surface area contributed by atoms with E-state index in [1.807, 2.05) is 20.8 Å². The summed E-state index contributed by atoms with van der Waals surface area (Å²) in [7, 11) is 0. The minimum atomic E-state index is -0.918.